The van der Waals surface area contributed by atoms with Gasteiger partial charge in [-0.05, 0) is 53.7 Å². The first kappa shape index (κ1) is 35.0. The van der Waals surface area contributed by atoms with Gasteiger partial charge in [-0.1, -0.05) is 58.4 Å². The summed E-state index contributed by atoms with van der Waals surface area (Å²) in [6.45, 7) is 13.3. The number of nitrogens with zero attached hydrogens (tertiary/aromatic N) is 2. The van der Waals surface area contributed by atoms with E-state index in [1.807, 2.05) is 19.1 Å². The Kier molecular flexibility index (Phi) is 9.86. The van der Waals surface area contributed by atoms with Crippen molar-refractivity contribution in [2.45, 2.75) is 103 Å². The first-order valence-electron chi connectivity index (χ1n) is 16.6. The van der Waals surface area contributed by atoms with E-state index in [9.17, 15) is 28.6 Å². The van der Waals surface area contributed by atoms with Gasteiger partial charge >= 0.3 is 12.2 Å². The van der Waals surface area contributed by atoms with E-state index in [-0.39, 0.29) is 31.9 Å². The summed E-state index contributed by atoms with van der Waals surface area (Å²) >= 11 is 0. The highest BCUT2D eigenvalue weighted by atomic mass is 31.2. The van der Waals surface area contributed by atoms with Gasteiger partial charge in [0.2, 0.25) is 19.2 Å². The molecule has 1 aromatic carbocycles. The minimum Gasteiger partial charge on any atom is -0.449 e. The SMILES string of the molecule is C=C[C@H]1C[C@]1(NC(=O)[C@@H]1C[C@@H]2CN1C(=O)[C@H](C(C)(C)C)NC(=O)OC[C@@H](C)CCCCc1cccc3c1CN(C3)C(=O)O2)P(C)(=O)O. The number of carbonyl (C=O) groups excluding carboxylic acids is 4. The minimum absolute atomic E-state index is 0.0115. The van der Waals surface area contributed by atoms with Crippen molar-refractivity contribution in [2.75, 3.05) is 19.8 Å². The quantitative estimate of drug-likeness (QED) is 0.312. The molecular formula is C34H49N4O8P. The van der Waals surface area contributed by atoms with Gasteiger partial charge in [-0.15, -0.1) is 6.58 Å². The Morgan fingerprint density at radius 1 is 1.19 bits per heavy atom. The Morgan fingerprint density at radius 3 is 2.57 bits per heavy atom. The first-order chi connectivity index (χ1) is 22.0. The van der Waals surface area contributed by atoms with E-state index >= 15 is 0 Å². The highest BCUT2D eigenvalue weighted by molar-refractivity contribution is 7.59. The highest BCUT2D eigenvalue weighted by Gasteiger charge is 2.64. The van der Waals surface area contributed by atoms with Gasteiger partial charge in [0, 0.05) is 32.1 Å². The van der Waals surface area contributed by atoms with Crippen LogP contribution in [0.1, 0.15) is 76.5 Å². The van der Waals surface area contributed by atoms with Crippen molar-refractivity contribution < 1.29 is 38.1 Å². The molecule has 1 unspecified atom stereocenters. The number of amides is 4. The molecule has 13 heteroatoms. The van der Waals surface area contributed by atoms with Gasteiger partial charge in [-0.2, -0.15) is 0 Å². The molecule has 1 saturated carbocycles. The third-order valence-corrected chi connectivity index (χ3v) is 12.2. The van der Waals surface area contributed by atoms with Gasteiger partial charge in [-0.25, -0.2) is 9.59 Å². The number of nitrogens with one attached hydrogen (secondary N) is 2. The Morgan fingerprint density at radius 2 is 1.91 bits per heavy atom. The molecule has 2 fully saturated rings. The molecule has 0 spiro atoms. The van der Waals surface area contributed by atoms with Gasteiger partial charge in [0.25, 0.3) is 0 Å². The molecule has 3 N–H and O–H groups in total. The second-order valence-electron chi connectivity index (χ2n) is 14.9. The van der Waals surface area contributed by atoms with E-state index in [0.29, 0.717) is 13.1 Å². The highest BCUT2D eigenvalue weighted by Crippen LogP contribution is 2.67. The molecule has 4 amide bonds. The zero-order valence-corrected chi connectivity index (χ0v) is 29.0. The predicted molar refractivity (Wildman–Crippen MR) is 175 cm³/mol. The second-order valence-corrected chi connectivity index (χ2v) is 17.4. The molecule has 1 saturated heterocycles. The molecule has 5 rings (SSSR count). The summed E-state index contributed by atoms with van der Waals surface area (Å²) in [5.74, 6) is -1.45. The van der Waals surface area contributed by atoms with Crippen LogP contribution in [0.2, 0.25) is 0 Å². The zero-order chi connectivity index (χ0) is 34.3. The summed E-state index contributed by atoms with van der Waals surface area (Å²) in [7, 11) is -3.81. The maximum atomic E-state index is 14.3. The van der Waals surface area contributed by atoms with E-state index in [0.717, 1.165) is 36.8 Å². The number of ether oxygens (including phenoxy) is 2. The van der Waals surface area contributed by atoms with Crippen LogP contribution in [-0.2, 0) is 43.1 Å². The average molecular weight is 673 g/mol. The molecule has 3 heterocycles. The molecule has 1 aliphatic carbocycles. The van der Waals surface area contributed by atoms with Crippen molar-refractivity contribution in [3.63, 3.8) is 0 Å². The fraction of sp³-hybridized carbons (Fsp3) is 0.647. The first-order valence-corrected chi connectivity index (χ1v) is 18.7. The van der Waals surface area contributed by atoms with Crippen LogP contribution in [0, 0.1) is 17.3 Å². The Hall–Kier alpha value is -3.37. The largest absolute Gasteiger partial charge is 0.449 e. The summed E-state index contributed by atoms with van der Waals surface area (Å²) in [6, 6.07) is 3.93. The van der Waals surface area contributed by atoms with Gasteiger partial charge < -0.3 is 29.9 Å². The van der Waals surface area contributed by atoms with Crippen LogP contribution in [0.15, 0.2) is 30.9 Å². The molecule has 7 atom stereocenters. The fourth-order valence-electron chi connectivity index (χ4n) is 7.11. The molecule has 1 aromatic rings. The zero-order valence-electron chi connectivity index (χ0n) is 28.1. The number of carbonyl (C=O) groups is 4. The maximum absolute atomic E-state index is 14.3. The van der Waals surface area contributed by atoms with Crippen molar-refractivity contribution in [3.8, 4) is 0 Å². The van der Waals surface area contributed by atoms with Crippen molar-refractivity contribution in [3.05, 3.63) is 47.5 Å². The van der Waals surface area contributed by atoms with Crippen LogP contribution in [-0.4, -0.2) is 82.0 Å². The number of rotatable bonds is 4. The molecule has 0 aromatic heterocycles. The van der Waals surface area contributed by atoms with Gasteiger partial charge in [0.05, 0.1) is 13.2 Å². The van der Waals surface area contributed by atoms with E-state index in [1.165, 1.54) is 17.1 Å². The van der Waals surface area contributed by atoms with Crippen molar-refractivity contribution >= 4 is 31.4 Å². The standard InChI is InChI=1S/C34H49N4O8P/c1-7-24-16-34(24,47(6,43)44)36-29(39)27-15-25-18-38(27)30(40)28(33(3,4)5)35-31(41)45-20-21(2)11-8-9-12-22-13-10-14-23-17-37(19-26(22)23)32(42)46-25/h7,10,13-14,21,24-25,27-28H,1,8-9,11-12,15-20H2,2-6H3,(H,35,41)(H,36,39)(H,43,44)/t21-,24-,25+,27-,28+,34-/m0/s1. The van der Waals surface area contributed by atoms with Crippen LogP contribution in [0.5, 0.6) is 0 Å². The molecular weight excluding hydrogens is 623 g/mol. The van der Waals surface area contributed by atoms with Crippen LogP contribution >= 0.6 is 7.37 Å². The van der Waals surface area contributed by atoms with E-state index in [2.05, 4.69) is 23.3 Å². The second kappa shape index (κ2) is 13.3. The van der Waals surface area contributed by atoms with Gasteiger partial charge in [-0.3, -0.25) is 19.1 Å². The normalized spacial score (nSPS) is 31.6. The van der Waals surface area contributed by atoms with Crippen LogP contribution < -0.4 is 10.6 Å². The van der Waals surface area contributed by atoms with Crippen LogP contribution in [0.4, 0.5) is 9.59 Å². The molecule has 12 nitrogen and oxygen atoms in total. The third-order valence-electron chi connectivity index (χ3n) is 10.1. The summed E-state index contributed by atoms with van der Waals surface area (Å²) in [6.07, 6.45) is 3.32. The van der Waals surface area contributed by atoms with Gasteiger partial charge in [0.15, 0.2) is 0 Å². The Balaban J connectivity index is 1.44. The van der Waals surface area contributed by atoms with Crippen molar-refractivity contribution in [1.29, 1.82) is 0 Å². The van der Waals surface area contributed by atoms with Gasteiger partial charge in [0.1, 0.15) is 23.5 Å². The topological polar surface area (TPSA) is 155 Å². The molecule has 4 aliphatic rings. The smallest absolute Gasteiger partial charge is 0.410 e. The third kappa shape index (κ3) is 7.38. The average Bonchev–Trinajstić information content (AvgIpc) is 3.31. The van der Waals surface area contributed by atoms with Crippen LogP contribution in [0.3, 0.4) is 0 Å². The summed E-state index contributed by atoms with van der Waals surface area (Å²) in [4.78, 5) is 68.2. The monoisotopic (exact) mass is 672 g/mol. The molecule has 47 heavy (non-hydrogen) atoms. The van der Waals surface area contributed by atoms with Crippen LogP contribution in [0.25, 0.3) is 0 Å². The fourth-order valence-corrected chi connectivity index (χ4v) is 8.68. The Labute approximate surface area is 277 Å². The van der Waals surface area contributed by atoms with E-state index in [4.69, 9.17) is 9.47 Å². The van der Waals surface area contributed by atoms with E-state index in [1.54, 1.807) is 31.7 Å². The van der Waals surface area contributed by atoms with Crippen molar-refractivity contribution in [2.24, 2.45) is 17.3 Å². The number of alkyl carbamates (subject to hydrolysis) is 1. The number of fused-ring (bicyclic) bond motifs is 3. The maximum Gasteiger partial charge on any atom is 0.410 e. The summed E-state index contributed by atoms with van der Waals surface area (Å²) in [5, 5.41) is 4.13. The molecule has 3 aliphatic heterocycles. The number of benzene rings is 1. The number of cyclic esters (lactones) is 1. The lowest BCUT2D eigenvalue weighted by atomic mass is 9.85. The number of aryl methyl sites for hydroxylation is 1. The lowest BCUT2D eigenvalue weighted by Gasteiger charge is -2.35. The minimum atomic E-state index is -3.81. The lowest BCUT2D eigenvalue weighted by molar-refractivity contribution is -0.142. The summed E-state index contributed by atoms with van der Waals surface area (Å²) in [5.41, 5.74) is 2.62. The predicted octanol–water partition coefficient (Wildman–Crippen LogP) is 4.53. The summed E-state index contributed by atoms with van der Waals surface area (Å²) < 4.78 is 24.4. The van der Waals surface area contributed by atoms with E-state index < -0.39 is 66.2 Å². The molecule has 258 valence electrons. The molecule has 4 bridgehead atoms. The Bertz CT molecular complexity index is 1470. The molecule has 0 radical (unpaired) electrons. The number of hydrogen-bond acceptors (Lipinski definition) is 7. The van der Waals surface area contributed by atoms with Crippen molar-refractivity contribution in [1.82, 2.24) is 20.4 Å². The number of hydrogen-bond donors (Lipinski definition) is 3. The lowest BCUT2D eigenvalue weighted by Crippen LogP contribution is -2.58.